The first kappa shape index (κ1) is 24.1. The molecule has 12 heteroatoms. The maximum Gasteiger partial charge on any atom is 0.314 e. The number of nitrogens with zero attached hydrogens (tertiary/aromatic N) is 4. The van der Waals surface area contributed by atoms with Gasteiger partial charge in [0.05, 0.1) is 10.7 Å². The number of amides is 3. The van der Waals surface area contributed by atoms with Crippen molar-refractivity contribution in [2.24, 2.45) is 0 Å². The molecular weight excluding hydrogens is 454 g/mol. The number of pyridine rings is 1. The molecule has 172 valence electrons. The highest BCUT2D eigenvalue weighted by Crippen LogP contribution is 2.24. The van der Waals surface area contributed by atoms with E-state index in [1.807, 2.05) is 0 Å². The number of hydrogen-bond donors (Lipinski definition) is 3. The van der Waals surface area contributed by atoms with Gasteiger partial charge in [-0.2, -0.15) is 0 Å². The van der Waals surface area contributed by atoms with Crippen molar-refractivity contribution >= 4 is 46.5 Å². The number of carbonyl (C=O) groups excluding carboxylic acids is 3. The zero-order valence-corrected chi connectivity index (χ0v) is 19.7. The largest absolute Gasteiger partial charge is 0.347 e. The van der Waals surface area contributed by atoms with Crippen LogP contribution in [-0.4, -0.2) is 77.8 Å². The third-order valence-electron chi connectivity index (χ3n) is 4.85. The predicted octanol–water partition coefficient (Wildman–Crippen LogP) is 0.481. The number of likely N-dealkylation sites (N-methyl/N-ethyl adjacent to an activating group) is 2. The monoisotopic (exact) mass is 479 g/mol. The molecule has 3 rings (SSSR count). The molecule has 2 aromatic heterocycles. The lowest BCUT2D eigenvalue weighted by molar-refractivity contribution is -0.136. The summed E-state index contributed by atoms with van der Waals surface area (Å²) >= 11 is 7.38. The summed E-state index contributed by atoms with van der Waals surface area (Å²) in [6.07, 6.45) is 2.27. The number of rotatable bonds is 7. The van der Waals surface area contributed by atoms with E-state index in [1.54, 1.807) is 31.5 Å². The van der Waals surface area contributed by atoms with Crippen LogP contribution < -0.4 is 16.0 Å². The first-order valence-corrected chi connectivity index (χ1v) is 11.2. The van der Waals surface area contributed by atoms with Crippen LogP contribution in [0.4, 0.5) is 5.82 Å². The molecule has 0 aliphatic carbocycles. The maximum atomic E-state index is 12.6. The Morgan fingerprint density at radius 3 is 2.75 bits per heavy atom. The Hall–Kier alpha value is -2.60. The van der Waals surface area contributed by atoms with Crippen molar-refractivity contribution in [2.45, 2.75) is 25.6 Å². The highest BCUT2D eigenvalue weighted by molar-refractivity contribution is 7.11. The second kappa shape index (κ2) is 10.8. The van der Waals surface area contributed by atoms with E-state index in [4.69, 9.17) is 11.6 Å². The molecule has 0 saturated carbocycles. The lowest BCUT2D eigenvalue weighted by atomic mass is 10.2. The number of aromatic nitrogens is 2. The Morgan fingerprint density at radius 1 is 1.28 bits per heavy atom. The van der Waals surface area contributed by atoms with E-state index in [1.165, 1.54) is 22.0 Å². The summed E-state index contributed by atoms with van der Waals surface area (Å²) in [7, 11) is 5.35. The minimum Gasteiger partial charge on any atom is -0.347 e. The number of carbonyl (C=O) groups is 3. The summed E-state index contributed by atoms with van der Waals surface area (Å²) in [4.78, 5) is 50.4. The highest BCUT2D eigenvalue weighted by Gasteiger charge is 2.24. The number of hydrogen-bond acceptors (Lipinski definition) is 8. The van der Waals surface area contributed by atoms with Crippen molar-refractivity contribution in [1.82, 2.24) is 30.4 Å². The molecule has 0 fully saturated rings. The fourth-order valence-electron chi connectivity index (χ4n) is 3.12. The Kier molecular flexibility index (Phi) is 8.13. The summed E-state index contributed by atoms with van der Waals surface area (Å²) < 4.78 is 0. The smallest absolute Gasteiger partial charge is 0.314 e. The van der Waals surface area contributed by atoms with E-state index in [9.17, 15) is 14.4 Å². The summed E-state index contributed by atoms with van der Waals surface area (Å²) in [5.74, 6) is -1.77. The number of nitrogens with one attached hydrogen (secondary N) is 3. The second-order valence-corrected chi connectivity index (χ2v) is 9.26. The molecular formula is C20H26ClN7O3S. The fraction of sp³-hybridized carbons (Fsp3) is 0.450. The van der Waals surface area contributed by atoms with Crippen molar-refractivity contribution in [3.8, 4) is 0 Å². The third kappa shape index (κ3) is 6.45. The van der Waals surface area contributed by atoms with E-state index in [-0.39, 0.29) is 18.3 Å². The minimum absolute atomic E-state index is 0.0505. The van der Waals surface area contributed by atoms with Crippen LogP contribution in [0.2, 0.25) is 5.02 Å². The first-order valence-electron chi connectivity index (χ1n) is 10.0. The maximum absolute atomic E-state index is 12.6. The van der Waals surface area contributed by atoms with E-state index in [0.717, 1.165) is 30.2 Å². The molecule has 3 heterocycles. The molecule has 1 aliphatic heterocycles. The van der Waals surface area contributed by atoms with Gasteiger partial charge in [0.15, 0.2) is 0 Å². The molecule has 0 radical (unpaired) electrons. The number of halogens is 1. The van der Waals surface area contributed by atoms with Gasteiger partial charge in [0, 0.05) is 57.8 Å². The fourth-order valence-corrected chi connectivity index (χ4v) is 4.38. The molecule has 1 atom stereocenters. The normalized spacial score (nSPS) is 14.4. The van der Waals surface area contributed by atoms with E-state index >= 15 is 0 Å². The molecule has 3 N–H and O–H groups in total. The van der Waals surface area contributed by atoms with Crippen molar-refractivity contribution in [2.75, 3.05) is 39.5 Å². The van der Waals surface area contributed by atoms with Crippen molar-refractivity contribution in [1.29, 1.82) is 0 Å². The van der Waals surface area contributed by atoms with Crippen LogP contribution in [0.3, 0.4) is 0 Å². The first-order chi connectivity index (χ1) is 15.2. The molecule has 0 aromatic carbocycles. The topological polar surface area (TPSA) is 120 Å². The van der Waals surface area contributed by atoms with Crippen LogP contribution in [0.5, 0.6) is 0 Å². The second-order valence-electron chi connectivity index (χ2n) is 7.66. The molecule has 1 unspecified atom stereocenters. The molecule has 0 bridgehead atoms. The SMILES string of the molecule is CN1CCc2nc(CNC(CNC(=O)C(=O)Nc3ccc(Cl)cn3)C(=O)N(C)C)sc2C1. The van der Waals surface area contributed by atoms with Gasteiger partial charge in [-0.25, -0.2) is 9.97 Å². The summed E-state index contributed by atoms with van der Waals surface area (Å²) in [5, 5.41) is 9.35. The standard InChI is InChI=1S/C20H26ClN7O3S/c1-27(2)20(31)14(22-10-17-25-13-6-7-28(3)11-15(13)32-17)9-24-18(29)19(30)26-16-5-4-12(21)8-23-16/h4-5,8,14,22H,6-7,9-11H2,1-3H3,(H,24,29)(H,23,26,30). The average Bonchev–Trinajstić information content (AvgIpc) is 3.16. The lowest BCUT2D eigenvalue weighted by Gasteiger charge is -2.21. The van der Waals surface area contributed by atoms with Gasteiger partial charge in [-0.15, -0.1) is 11.3 Å². The third-order valence-corrected chi connectivity index (χ3v) is 6.15. The average molecular weight is 480 g/mol. The van der Waals surface area contributed by atoms with Gasteiger partial charge in [-0.3, -0.25) is 19.7 Å². The van der Waals surface area contributed by atoms with Crippen molar-refractivity contribution in [3.63, 3.8) is 0 Å². The molecule has 10 nitrogen and oxygen atoms in total. The van der Waals surface area contributed by atoms with Crippen molar-refractivity contribution in [3.05, 3.63) is 38.9 Å². The Bertz CT molecular complexity index is 980. The van der Waals surface area contributed by atoms with Gasteiger partial charge < -0.3 is 20.4 Å². The number of fused-ring (bicyclic) bond motifs is 1. The molecule has 3 amide bonds. The highest BCUT2D eigenvalue weighted by atomic mass is 35.5. The van der Waals surface area contributed by atoms with Gasteiger partial charge >= 0.3 is 11.8 Å². The Morgan fingerprint density at radius 2 is 2.06 bits per heavy atom. The molecule has 0 saturated heterocycles. The van der Waals surface area contributed by atoms with Crippen LogP contribution in [0.15, 0.2) is 18.3 Å². The minimum atomic E-state index is -0.882. The Balaban J connectivity index is 1.56. The van der Waals surface area contributed by atoms with Crippen LogP contribution in [-0.2, 0) is 33.9 Å². The predicted molar refractivity (Wildman–Crippen MR) is 122 cm³/mol. The summed E-state index contributed by atoms with van der Waals surface area (Å²) in [5.41, 5.74) is 1.11. The van der Waals surface area contributed by atoms with E-state index in [0.29, 0.717) is 11.6 Å². The molecule has 2 aromatic rings. The van der Waals surface area contributed by atoms with Gasteiger partial charge in [0.2, 0.25) is 5.91 Å². The van der Waals surface area contributed by atoms with Crippen LogP contribution in [0.25, 0.3) is 0 Å². The zero-order chi connectivity index (χ0) is 23.3. The van der Waals surface area contributed by atoms with Gasteiger partial charge in [0.1, 0.15) is 16.9 Å². The van der Waals surface area contributed by atoms with Crippen molar-refractivity contribution < 1.29 is 14.4 Å². The van der Waals surface area contributed by atoms with Crippen LogP contribution in [0.1, 0.15) is 15.6 Å². The number of anilines is 1. The molecule has 1 aliphatic rings. The lowest BCUT2D eigenvalue weighted by Crippen LogP contribution is -2.51. The van der Waals surface area contributed by atoms with Crippen LogP contribution in [0, 0.1) is 0 Å². The van der Waals surface area contributed by atoms with E-state index in [2.05, 4.69) is 37.9 Å². The van der Waals surface area contributed by atoms with Crippen LogP contribution >= 0.6 is 22.9 Å². The molecule has 32 heavy (non-hydrogen) atoms. The number of thiazole rings is 1. The van der Waals surface area contributed by atoms with E-state index < -0.39 is 17.9 Å². The summed E-state index contributed by atoms with van der Waals surface area (Å²) in [6.45, 7) is 2.19. The quantitative estimate of drug-likeness (QED) is 0.494. The molecule has 0 spiro atoms. The van der Waals surface area contributed by atoms with Gasteiger partial charge in [0.25, 0.3) is 0 Å². The van der Waals surface area contributed by atoms with Gasteiger partial charge in [-0.05, 0) is 19.2 Å². The van der Waals surface area contributed by atoms with Gasteiger partial charge in [-0.1, -0.05) is 11.6 Å². The summed E-state index contributed by atoms with van der Waals surface area (Å²) in [6, 6.07) is 2.32. The Labute approximate surface area is 195 Å². The zero-order valence-electron chi connectivity index (χ0n) is 18.1.